The first-order valence-electron chi connectivity index (χ1n) is 4.35. The Morgan fingerprint density at radius 2 is 2.33 bits per heavy atom. The second-order valence-electron chi connectivity index (χ2n) is 3.26. The Kier molecular flexibility index (Phi) is 2.63. The van der Waals surface area contributed by atoms with Gasteiger partial charge in [-0.05, 0) is 24.6 Å². The van der Waals surface area contributed by atoms with Gasteiger partial charge >= 0.3 is 5.97 Å². The lowest BCUT2D eigenvalue weighted by Gasteiger charge is -2.07. The van der Waals surface area contributed by atoms with Crippen LogP contribution in [0.3, 0.4) is 0 Å². The van der Waals surface area contributed by atoms with Gasteiger partial charge in [0.15, 0.2) is 0 Å². The van der Waals surface area contributed by atoms with E-state index in [4.69, 9.17) is 16.7 Å². The Bertz CT molecular complexity index is 523. The molecule has 0 radical (unpaired) electrons. The molecule has 1 aromatic carbocycles. The fourth-order valence-corrected chi connectivity index (χ4v) is 2.51. The fraction of sp³-hybridized carbons (Fsp3) is 0.200. The third-order valence-electron chi connectivity index (χ3n) is 2.26. The predicted molar refractivity (Wildman–Crippen MR) is 60.7 cm³/mol. The molecule has 1 atom stereocenters. The molecule has 1 aromatic heterocycles. The molecule has 0 saturated heterocycles. The summed E-state index contributed by atoms with van der Waals surface area (Å²) in [5.74, 6) is -1.42. The zero-order chi connectivity index (χ0) is 11.0. The molecule has 0 bridgehead atoms. The number of carboxylic acids is 1. The third kappa shape index (κ3) is 1.82. The van der Waals surface area contributed by atoms with E-state index in [-0.39, 0.29) is 0 Å². The van der Waals surface area contributed by atoms with Crippen LogP contribution in [-0.2, 0) is 4.79 Å². The average Bonchev–Trinajstić information content (AvgIpc) is 2.62. The average molecular weight is 242 g/mol. The summed E-state index contributed by atoms with van der Waals surface area (Å²) >= 11 is 7.34. The summed E-state index contributed by atoms with van der Waals surface area (Å²) in [6.45, 7) is 1.65. The first-order valence-corrected chi connectivity index (χ1v) is 5.61. The number of carboxylic acid groups (broad SMARTS) is 1. The van der Waals surface area contributed by atoms with Gasteiger partial charge in [0.2, 0.25) is 0 Å². The molecule has 5 heteroatoms. The van der Waals surface area contributed by atoms with E-state index in [9.17, 15) is 4.79 Å². The Labute approximate surface area is 95.3 Å². The van der Waals surface area contributed by atoms with Crippen LogP contribution in [0, 0.1) is 0 Å². The summed E-state index contributed by atoms with van der Waals surface area (Å²) in [6, 6.07) is 3.44. The van der Waals surface area contributed by atoms with Crippen molar-refractivity contribution in [3.63, 3.8) is 0 Å². The second-order valence-corrected chi connectivity index (χ2v) is 4.55. The smallest absolute Gasteiger partial charge is 0.310 e. The summed E-state index contributed by atoms with van der Waals surface area (Å²) in [5.41, 5.74) is 3.18. The molecule has 0 aliphatic heterocycles. The van der Waals surface area contributed by atoms with Crippen molar-refractivity contribution in [3.05, 3.63) is 28.2 Å². The highest BCUT2D eigenvalue weighted by molar-refractivity contribution is 7.17. The third-order valence-corrected chi connectivity index (χ3v) is 3.37. The molecule has 0 fully saturated rings. The van der Waals surface area contributed by atoms with Crippen molar-refractivity contribution in [2.45, 2.75) is 12.8 Å². The van der Waals surface area contributed by atoms with Crippen LogP contribution in [0.5, 0.6) is 0 Å². The van der Waals surface area contributed by atoms with Gasteiger partial charge in [-0.1, -0.05) is 11.6 Å². The highest BCUT2D eigenvalue weighted by Crippen LogP contribution is 2.31. The molecule has 2 rings (SSSR count). The molecule has 0 aliphatic rings. The van der Waals surface area contributed by atoms with Gasteiger partial charge in [-0.3, -0.25) is 4.79 Å². The normalized spacial score (nSPS) is 12.9. The molecule has 78 valence electrons. The van der Waals surface area contributed by atoms with Gasteiger partial charge in [-0.25, -0.2) is 4.98 Å². The summed E-state index contributed by atoms with van der Waals surface area (Å²) < 4.78 is 0.898. The SMILES string of the molecule is CC(C(=O)O)c1cc(Cl)cc2ncsc12. The van der Waals surface area contributed by atoms with E-state index in [1.807, 2.05) is 0 Å². The van der Waals surface area contributed by atoms with Crippen molar-refractivity contribution in [3.8, 4) is 0 Å². The number of hydrogen-bond donors (Lipinski definition) is 1. The minimum atomic E-state index is -0.855. The maximum atomic E-state index is 10.9. The molecule has 15 heavy (non-hydrogen) atoms. The van der Waals surface area contributed by atoms with Crippen molar-refractivity contribution in [1.29, 1.82) is 0 Å². The number of fused-ring (bicyclic) bond motifs is 1. The molecule has 0 aliphatic carbocycles. The fourth-order valence-electron chi connectivity index (χ4n) is 1.41. The van der Waals surface area contributed by atoms with Gasteiger partial charge in [0.1, 0.15) is 0 Å². The molecule has 0 saturated carbocycles. The van der Waals surface area contributed by atoms with E-state index in [0.717, 1.165) is 15.8 Å². The quantitative estimate of drug-likeness (QED) is 0.879. The number of nitrogens with zero attached hydrogens (tertiary/aromatic N) is 1. The first kappa shape index (κ1) is 10.4. The van der Waals surface area contributed by atoms with E-state index >= 15 is 0 Å². The molecule has 1 N–H and O–H groups in total. The van der Waals surface area contributed by atoms with Crippen LogP contribution >= 0.6 is 22.9 Å². The Hall–Kier alpha value is -1.13. The lowest BCUT2D eigenvalue weighted by molar-refractivity contribution is -0.138. The Morgan fingerprint density at radius 3 is 3.00 bits per heavy atom. The Morgan fingerprint density at radius 1 is 1.60 bits per heavy atom. The minimum Gasteiger partial charge on any atom is -0.481 e. The zero-order valence-electron chi connectivity index (χ0n) is 7.90. The number of carbonyl (C=O) groups is 1. The van der Waals surface area contributed by atoms with Crippen molar-refractivity contribution < 1.29 is 9.90 Å². The summed E-state index contributed by atoms with van der Waals surface area (Å²) in [4.78, 5) is 15.0. The van der Waals surface area contributed by atoms with E-state index in [1.165, 1.54) is 11.3 Å². The maximum absolute atomic E-state index is 10.9. The standard InChI is InChI=1S/C10H8ClNO2S/c1-5(10(13)14)7-2-6(11)3-8-9(7)15-4-12-8/h2-5H,1H3,(H,13,14). The van der Waals surface area contributed by atoms with E-state index in [1.54, 1.807) is 24.6 Å². The van der Waals surface area contributed by atoms with Crippen molar-refractivity contribution in [2.24, 2.45) is 0 Å². The predicted octanol–water partition coefficient (Wildman–Crippen LogP) is 3.14. The van der Waals surface area contributed by atoms with Gasteiger partial charge in [0.25, 0.3) is 0 Å². The second kappa shape index (κ2) is 3.79. The Balaban J connectivity index is 2.67. The lowest BCUT2D eigenvalue weighted by Crippen LogP contribution is -2.07. The largest absolute Gasteiger partial charge is 0.481 e. The van der Waals surface area contributed by atoms with Crippen LogP contribution in [0.25, 0.3) is 10.2 Å². The van der Waals surface area contributed by atoms with Crippen LogP contribution < -0.4 is 0 Å². The van der Waals surface area contributed by atoms with Crippen LogP contribution in [0.1, 0.15) is 18.4 Å². The van der Waals surface area contributed by atoms with E-state index in [2.05, 4.69) is 4.98 Å². The number of halogens is 1. The van der Waals surface area contributed by atoms with Crippen LogP contribution in [0.4, 0.5) is 0 Å². The molecule has 0 amide bonds. The minimum absolute atomic E-state index is 0.525. The van der Waals surface area contributed by atoms with Crippen molar-refractivity contribution in [2.75, 3.05) is 0 Å². The van der Waals surface area contributed by atoms with Crippen LogP contribution in [0.15, 0.2) is 17.6 Å². The highest BCUT2D eigenvalue weighted by atomic mass is 35.5. The molecule has 0 spiro atoms. The molecular formula is C10H8ClNO2S. The van der Waals surface area contributed by atoms with Crippen LogP contribution in [-0.4, -0.2) is 16.1 Å². The van der Waals surface area contributed by atoms with Gasteiger partial charge < -0.3 is 5.11 Å². The van der Waals surface area contributed by atoms with Gasteiger partial charge in [0, 0.05) is 5.02 Å². The number of aliphatic carboxylic acids is 1. The zero-order valence-corrected chi connectivity index (χ0v) is 9.47. The van der Waals surface area contributed by atoms with Gasteiger partial charge in [-0.15, -0.1) is 11.3 Å². The molecule has 1 heterocycles. The lowest BCUT2D eigenvalue weighted by atomic mass is 10.0. The summed E-state index contributed by atoms with van der Waals surface area (Å²) in [5, 5.41) is 9.49. The summed E-state index contributed by atoms with van der Waals surface area (Å²) in [7, 11) is 0. The number of rotatable bonds is 2. The first-order chi connectivity index (χ1) is 7.09. The highest BCUT2D eigenvalue weighted by Gasteiger charge is 2.18. The van der Waals surface area contributed by atoms with Gasteiger partial charge in [0.05, 0.1) is 21.6 Å². The molecule has 3 nitrogen and oxygen atoms in total. The monoisotopic (exact) mass is 241 g/mol. The van der Waals surface area contributed by atoms with Crippen LogP contribution in [0.2, 0.25) is 5.02 Å². The number of benzene rings is 1. The number of aromatic nitrogens is 1. The van der Waals surface area contributed by atoms with E-state index < -0.39 is 11.9 Å². The molecular weight excluding hydrogens is 234 g/mol. The van der Waals surface area contributed by atoms with Crippen molar-refractivity contribution in [1.82, 2.24) is 4.98 Å². The topological polar surface area (TPSA) is 50.2 Å². The van der Waals surface area contributed by atoms with Gasteiger partial charge in [-0.2, -0.15) is 0 Å². The maximum Gasteiger partial charge on any atom is 0.310 e. The number of thiazole rings is 1. The van der Waals surface area contributed by atoms with Crippen molar-refractivity contribution >= 4 is 39.1 Å². The molecule has 1 unspecified atom stereocenters. The van der Waals surface area contributed by atoms with E-state index in [0.29, 0.717) is 5.02 Å². The molecule has 2 aromatic rings. The number of hydrogen-bond acceptors (Lipinski definition) is 3. The summed E-state index contributed by atoms with van der Waals surface area (Å²) in [6.07, 6.45) is 0.